The van der Waals surface area contributed by atoms with Crippen LogP contribution in [0, 0.1) is 0 Å². The average Bonchev–Trinajstić information content (AvgIpc) is 2.17. The molecule has 16 heavy (non-hydrogen) atoms. The number of halogens is 1. The molecule has 1 amide bonds. The van der Waals surface area contributed by atoms with Crippen LogP contribution in [-0.2, 0) is 4.79 Å². The van der Waals surface area contributed by atoms with E-state index in [9.17, 15) is 4.79 Å². The molecule has 0 saturated heterocycles. The number of hydrogen-bond donors (Lipinski definition) is 2. The maximum atomic E-state index is 11.6. The van der Waals surface area contributed by atoms with Crippen molar-refractivity contribution in [1.29, 1.82) is 0 Å². The maximum absolute atomic E-state index is 11.6. The second-order valence-electron chi connectivity index (χ2n) is 3.72. The van der Waals surface area contributed by atoms with Crippen molar-refractivity contribution in [2.45, 2.75) is 26.3 Å². The van der Waals surface area contributed by atoms with E-state index in [-0.39, 0.29) is 11.9 Å². The molecule has 1 atom stereocenters. The Morgan fingerprint density at radius 1 is 1.50 bits per heavy atom. The Bertz CT molecular complexity index is 355. The molecule has 4 heteroatoms. The Morgan fingerprint density at radius 2 is 2.25 bits per heavy atom. The third kappa shape index (κ3) is 4.64. The maximum Gasteiger partial charge on any atom is 0.225 e. The van der Waals surface area contributed by atoms with Gasteiger partial charge in [0.2, 0.25) is 5.91 Å². The summed E-state index contributed by atoms with van der Waals surface area (Å²) in [5.41, 5.74) is 0.737. The second-order valence-corrected chi connectivity index (χ2v) is 4.16. The van der Waals surface area contributed by atoms with Crippen molar-refractivity contribution in [2.24, 2.45) is 0 Å². The summed E-state index contributed by atoms with van der Waals surface area (Å²) in [5, 5.41) is 6.62. The largest absolute Gasteiger partial charge is 0.326 e. The van der Waals surface area contributed by atoms with Crippen LogP contribution in [0.1, 0.15) is 20.3 Å². The van der Waals surface area contributed by atoms with Gasteiger partial charge in [0.05, 0.1) is 0 Å². The van der Waals surface area contributed by atoms with Crippen LogP contribution in [0.3, 0.4) is 0 Å². The van der Waals surface area contributed by atoms with Gasteiger partial charge in [-0.25, -0.2) is 0 Å². The molecule has 1 aromatic rings. The highest BCUT2D eigenvalue weighted by Crippen LogP contribution is 2.15. The summed E-state index contributed by atoms with van der Waals surface area (Å²) in [6.45, 7) is 4.87. The van der Waals surface area contributed by atoms with Gasteiger partial charge in [0.25, 0.3) is 0 Å². The van der Waals surface area contributed by atoms with Crippen molar-refractivity contribution in [2.75, 3.05) is 11.9 Å². The highest BCUT2D eigenvalue weighted by Gasteiger charge is 2.07. The Hall–Kier alpha value is -1.06. The van der Waals surface area contributed by atoms with Gasteiger partial charge in [-0.2, -0.15) is 0 Å². The zero-order chi connectivity index (χ0) is 12.0. The van der Waals surface area contributed by atoms with Gasteiger partial charge in [-0.3, -0.25) is 4.79 Å². The number of carbonyl (C=O) groups excluding carboxylic acids is 1. The molecule has 0 aliphatic rings. The molecule has 1 unspecified atom stereocenters. The number of nitrogens with one attached hydrogen (secondary N) is 2. The van der Waals surface area contributed by atoms with Crippen LogP contribution >= 0.6 is 11.6 Å². The number of carbonyl (C=O) groups is 1. The summed E-state index contributed by atoms with van der Waals surface area (Å²) >= 11 is 5.82. The van der Waals surface area contributed by atoms with Gasteiger partial charge in [-0.15, -0.1) is 0 Å². The van der Waals surface area contributed by atoms with Crippen LogP contribution in [0.15, 0.2) is 24.3 Å². The van der Waals surface area contributed by atoms with Crippen LogP contribution in [0.25, 0.3) is 0 Å². The lowest BCUT2D eigenvalue weighted by Crippen LogP contribution is -2.30. The monoisotopic (exact) mass is 240 g/mol. The summed E-state index contributed by atoms with van der Waals surface area (Å²) in [6.07, 6.45) is 0.459. The minimum atomic E-state index is -0.00397. The highest BCUT2D eigenvalue weighted by molar-refractivity contribution is 6.30. The van der Waals surface area contributed by atoms with Crippen molar-refractivity contribution in [3.63, 3.8) is 0 Å². The lowest BCUT2D eigenvalue weighted by Gasteiger charge is -2.12. The van der Waals surface area contributed by atoms with Crippen LogP contribution in [-0.4, -0.2) is 18.5 Å². The topological polar surface area (TPSA) is 41.1 Å². The molecule has 0 saturated carbocycles. The van der Waals surface area contributed by atoms with Gasteiger partial charge < -0.3 is 10.6 Å². The third-order valence-electron chi connectivity index (χ3n) is 2.15. The van der Waals surface area contributed by atoms with Gasteiger partial charge in [-0.05, 0) is 31.7 Å². The van der Waals surface area contributed by atoms with E-state index >= 15 is 0 Å². The van der Waals surface area contributed by atoms with Crippen LogP contribution in [0.5, 0.6) is 0 Å². The van der Waals surface area contributed by atoms with E-state index in [4.69, 9.17) is 11.6 Å². The number of hydrogen-bond acceptors (Lipinski definition) is 2. The van der Waals surface area contributed by atoms with Gasteiger partial charge >= 0.3 is 0 Å². The van der Waals surface area contributed by atoms with Crippen molar-refractivity contribution in [1.82, 2.24) is 5.32 Å². The molecule has 3 nitrogen and oxygen atoms in total. The van der Waals surface area contributed by atoms with Crippen LogP contribution in [0.4, 0.5) is 5.69 Å². The number of benzene rings is 1. The minimum absolute atomic E-state index is 0.00397. The predicted molar refractivity (Wildman–Crippen MR) is 67.8 cm³/mol. The summed E-state index contributed by atoms with van der Waals surface area (Å²) < 4.78 is 0. The molecule has 1 aromatic carbocycles. The standard InChI is InChI=1S/C12H17ClN2O/c1-3-14-9(2)7-12(16)15-11-6-4-5-10(13)8-11/h4-6,8-9,14H,3,7H2,1-2H3,(H,15,16). The fourth-order valence-electron chi connectivity index (χ4n) is 1.48. The van der Waals surface area contributed by atoms with Crippen LogP contribution < -0.4 is 10.6 Å². The molecule has 88 valence electrons. The quantitative estimate of drug-likeness (QED) is 0.831. The molecule has 0 aliphatic carbocycles. The Kier molecular flexibility index (Phi) is 5.29. The summed E-state index contributed by atoms with van der Waals surface area (Å²) in [6, 6.07) is 7.33. The van der Waals surface area contributed by atoms with Gasteiger partial charge in [-0.1, -0.05) is 24.6 Å². The lowest BCUT2D eigenvalue weighted by atomic mass is 10.2. The first kappa shape index (κ1) is 13.0. The Morgan fingerprint density at radius 3 is 2.88 bits per heavy atom. The first-order chi connectivity index (χ1) is 7.61. The van der Waals surface area contributed by atoms with Gasteiger partial charge in [0.15, 0.2) is 0 Å². The minimum Gasteiger partial charge on any atom is -0.326 e. The molecule has 1 rings (SSSR count). The first-order valence-corrected chi connectivity index (χ1v) is 5.78. The Balaban J connectivity index is 2.45. The predicted octanol–water partition coefficient (Wildman–Crippen LogP) is 2.67. The van der Waals surface area contributed by atoms with Crippen LogP contribution in [0.2, 0.25) is 5.02 Å². The second kappa shape index (κ2) is 6.51. The summed E-state index contributed by atoms with van der Waals surface area (Å²) in [4.78, 5) is 11.6. The molecule has 0 radical (unpaired) electrons. The fourth-order valence-corrected chi connectivity index (χ4v) is 1.67. The normalized spacial score (nSPS) is 12.2. The molecule has 0 fully saturated rings. The van der Waals surface area contributed by atoms with E-state index in [1.165, 1.54) is 0 Å². The SMILES string of the molecule is CCNC(C)CC(=O)Nc1cccc(Cl)c1. The molecule has 0 heterocycles. The molecule has 2 N–H and O–H groups in total. The van der Waals surface area contributed by atoms with Crippen molar-refractivity contribution in [3.8, 4) is 0 Å². The van der Waals surface area contributed by atoms with E-state index in [2.05, 4.69) is 10.6 Å². The van der Waals surface area contributed by atoms with E-state index in [1.54, 1.807) is 12.1 Å². The Labute approximate surface area is 101 Å². The van der Waals surface area contributed by atoms with E-state index in [0.29, 0.717) is 11.4 Å². The smallest absolute Gasteiger partial charge is 0.225 e. The highest BCUT2D eigenvalue weighted by atomic mass is 35.5. The van der Waals surface area contributed by atoms with E-state index < -0.39 is 0 Å². The number of amides is 1. The molecule has 0 aliphatic heterocycles. The molecule has 0 spiro atoms. The summed E-state index contributed by atoms with van der Waals surface area (Å²) in [7, 11) is 0. The molecular weight excluding hydrogens is 224 g/mol. The zero-order valence-electron chi connectivity index (χ0n) is 9.59. The summed E-state index contributed by atoms with van der Waals surface area (Å²) in [5.74, 6) is -0.00397. The van der Waals surface area contributed by atoms with Crippen molar-refractivity contribution >= 4 is 23.2 Å². The average molecular weight is 241 g/mol. The zero-order valence-corrected chi connectivity index (χ0v) is 10.3. The number of rotatable bonds is 5. The lowest BCUT2D eigenvalue weighted by molar-refractivity contribution is -0.116. The van der Waals surface area contributed by atoms with Gasteiger partial charge in [0.1, 0.15) is 0 Å². The fraction of sp³-hybridized carbons (Fsp3) is 0.417. The van der Waals surface area contributed by atoms with E-state index in [1.807, 2.05) is 26.0 Å². The third-order valence-corrected chi connectivity index (χ3v) is 2.39. The molecule has 0 bridgehead atoms. The number of anilines is 1. The first-order valence-electron chi connectivity index (χ1n) is 5.40. The van der Waals surface area contributed by atoms with Crippen molar-refractivity contribution in [3.05, 3.63) is 29.3 Å². The molecule has 0 aromatic heterocycles. The van der Waals surface area contributed by atoms with E-state index in [0.717, 1.165) is 12.2 Å². The van der Waals surface area contributed by atoms with Crippen molar-refractivity contribution < 1.29 is 4.79 Å². The molecular formula is C12H17ClN2O. The van der Waals surface area contributed by atoms with Gasteiger partial charge in [0, 0.05) is 23.2 Å².